The van der Waals surface area contributed by atoms with Crippen LogP contribution in [0.25, 0.3) is 0 Å². The minimum atomic E-state index is -3.46. The highest BCUT2D eigenvalue weighted by Gasteiger charge is 2.33. The molecule has 31 heavy (non-hydrogen) atoms. The van der Waals surface area contributed by atoms with Gasteiger partial charge in [0.2, 0.25) is 5.95 Å². The summed E-state index contributed by atoms with van der Waals surface area (Å²) in [5, 5.41) is 5.31. The lowest BCUT2D eigenvalue weighted by Crippen LogP contribution is -2.21. The third-order valence-electron chi connectivity index (χ3n) is 5.00. The zero-order valence-corrected chi connectivity index (χ0v) is 18.0. The Labute approximate surface area is 180 Å². The van der Waals surface area contributed by atoms with E-state index in [4.69, 9.17) is 9.47 Å². The van der Waals surface area contributed by atoms with E-state index >= 15 is 0 Å². The van der Waals surface area contributed by atoms with Gasteiger partial charge in [0.15, 0.2) is 28.8 Å². The number of ether oxygens (including phenoxy) is 2. The van der Waals surface area contributed by atoms with Crippen molar-refractivity contribution >= 4 is 17.5 Å². The Hall–Kier alpha value is -2.75. The maximum Gasteiger partial charge on any atom is 0.290 e. The summed E-state index contributed by atoms with van der Waals surface area (Å²) in [6.07, 6.45) is 3.37. The van der Waals surface area contributed by atoms with Crippen LogP contribution >= 0.6 is 0 Å². The van der Waals surface area contributed by atoms with Crippen molar-refractivity contribution in [3.8, 4) is 11.5 Å². The third kappa shape index (κ3) is 5.90. The molecule has 3 rings (SSSR count). The first-order valence-corrected chi connectivity index (χ1v) is 10.3. The Bertz CT molecular complexity index is 886. The van der Waals surface area contributed by atoms with Gasteiger partial charge in [0, 0.05) is 32.3 Å². The molecule has 2 heterocycles. The second-order valence-corrected chi connectivity index (χ2v) is 7.44. The van der Waals surface area contributed by atoms with Crippen LogP contribution < -0.4 is 20.1 Å². The average Bonchev–Trinajstić information content (AvgIpc) is 3.25. The summed E-state index contributed by atoms with van der Waals surface area (Å²) in [6, 6.07) is 5.03. The quantitative estimate of drug-likeness (QED) is 0.532. The normalized spacial score (nSPS) is 14.5. The Balaban J connectivity index is 1.73. The molecule has 1 fully saturated rings. The molecule has 170 valence electrons. The molecule has 1 aliphatic rings. The molecule has 2 N–H and O–H groups in total. The molecule has 1 saturated heterocycles. The van der Waals surface area contributed by atoms with Gasteiger partial charge in [-0.05, 0) is 44.5 Å². The van der Waals surface area contributed by atoms with Crippen LogP contribution in [0.4, 0.5) is 30.6 Å². The van der Waals surface area contributed by atoms with Crippen LogP contribution in [-0.4, -0.2) is 55.3 Å². The summed E-state index contributed by atoms with van der Waals surface area (Å²) in [7, 11) is 2.94. The minimum absolute atomic E-state index is 0.160. The summed E-state index contributed by atoms with van der Waals surface area (Å²) in [5.41, 5.74) is -0.490. The van der Waals surface area contributed by atoms with Crippen molar-refractivity contribution < 1.29 is 22.6 Å². The number of likely N-dealkylation sites (tertiary alicyclic amines) is 1. The van der Waals surface area contributed by atoms with E-state index in [1.54, 1.807) is 18.2 Å². The van der Waals surface area contributed by atoms with Crippen molar-refractivity contribution in [1.82, 2.24) is 14.9 Å². The van der Waals surface area contributed by atoms with Gasteiger partial charge in [-0.15, -0.1) is 0 Å². The van der Waals surface area contributed by atoms with Gasteiger partial charge in [0.1, 0.15) is 0 Å². The molecule has 0 spiro atoms. The molecule has 0 bridgehead atoms. The monoisotopic (exact) mass is 439 g/mol. The summed E-state index contributed by atoms with van der Waals surface area (Å²) in [6.45, 7) is 4.34. The number of halogens is 3. The Morgan fingerprint density at radius 2 is 1.90 bits per heavy atom. The molecule has 7 nitrogen and oxygen atoms in total. The Morgan fingerprint density at radius 1 is 1.16 bits per heavy atom. The number of nitrogens with one attached hydrogen (secondary N) is 2. The predicted molar refractivity (Wildman–Crippen MR) is 113 cm³/mol. The van der Waals surface area contributed by atoms with E-state index < -0.39 is 17.4 Å². The second kappa shape index (κ2) is 10.0. The van der Waals surface area contributed by atoms with Crippen molar-refractivity contribution in [2.75, 3.05) is 51.0 Å². The van der Waals surface area contributed by atoms with Crippen molar-refractivity contribution in [3.05, 3.63) is 29.7 Å². The molecule has 10 heteroatoms. The SMILES string of the molecule is CNc1nc(Nc2ccc(OC)c(OCCCN3CCCC3)c2)nc(C(C)(F)F)c1F. The van der Waals surface area contributed by atoms with Gasteiger partial charge in [0.25, 0.3) is 5.92 Å². The fraction of sp³-hybridized carbons (Fsp3) is 0.524. The number of hydrogen-bond donors (Lipinski definition) is 2. The molecule has 1 aromatic heterocycles. The number of benzene rings is 1. The smallest absolute Gasteiger partial charge is 0.290 e. The lowest BCUT2D eigenvalue weighted by atomic mass is 10.2. The molecule has 0 radical (unpaired) electrons. The molecule has 1 aliphatic heterocycles. The van der Waals surface area contributed by atoms with Crippen molar-refractivity contribution in [1.29, 1.82) is 0 Å². The minimum Gasteiger partial charge on any atom is -0.493 e. The standard InChI is InChI=1S/C21H28F3N5O2/c1-21(23,24)18-17(22)19(25-2)28-20(27-18)26-14-7-8-15(30-3)16(13-14)31-12-6-11-29-9-4-5-10-29/h7-8,13H,4-6,9-12H2,1-3H3,(H2,25,26,27,28). The van der Waals surface area contributed by atoms with Crippen LogP contribution in [0.3, 0.4) is 0 Å². The van der Waals surface area contributed by atoms with E-state index in [1.165, 1.54) is 27.0 Å². The fourth-order valence-corrected chi connectivity index (χ4v) is 3.43. The first kappa shape index (κ1) is 22.9. The number of alkyl halides is 2. The van der Waals surface area contributed by atoms with E-state index in [-0.39, 0.29) is 11.8 Å². The second-order valence-electron chi connectivity index (χ2n) is 7.44. The highest BCUT2D eigenvalue weighted by Crippen LogP contribution is 2.34. The highest BCUT2D eigenvalue weighted by atomic mass is 19.3. The maximum absolute atomic E-state index is 14.2. The van der Waals surface area contributed by atoms with Crippen LogP contribution in [0.1, 0.15) is 31.9 Å². The van der Waals surface area contributed by atoms with Gasteiger partial charge in [-0.2, -0.15) is 13.8 Å². The molecular formula is C21H28F3N5O2. The summed E-state index contributed by atoms with van der Waals surface area (Å²) < 4.78 is 53.0. The van der Waals surface area contributed by atoms with E-state index in [0.29, 0.717) is 30.7 Å². The van der Waals surface area contributed by atoms with E-state index in [1.807, 2.05) is 0 Å². The lowest BCUT2D eigenvalue weighted by Gasteiger charge is -2.17. The Kier molecular flexibility index (Phi) is 7.42. The van der Waals surface area contributed by atoms with Crippen LogP contribution in [0.2, 0.25) is 0 Å². The van der Waals surface area contributed by atoms with Crippen LogP contribution in [0.5, 0.6) is 11.5 Å². The molecule has 0 atom stereocenters. The number of aromatic nitrogens is 2. The first-order valence-electron chi connectivity index (χ1n) is 10.3. The van der Waals surface area contributed by atoms with Crippen LogP contribution in [0, 0.1) is 5.82 Å². The summed E-state index contributed by atoms with van der Waals surface area (Å²) in [5.74, 6) is -4.07. The Morgan fingerprint density at radius 3 is 2.55 bits per heavy atom. The highest BCUT2D eigenvalue weighted by molar-refractivity contribution is 5.61. The lowest BCUT2D eigenvalue weighted by molar-refractivity contribution is 0.00886. The van der Waals surface area contributed by atoms with Gasteiger partial charge in [0.05, 0.1) is 13.7 Å². The first-order chi connectivity index (χ1) is 14.8. The predicted octanol–water partition coefficient (Wildman–Crippen LogP) is 4.39. The maximum atomic E-state index is 14.2. The number of rotatable bonds is 10. The van der Waals surface area contributed by atoms with Crippen LogP contribution in [0.15, 0.2) is 18.2 Å². The van der Waals surface area contributed by atoms with E-state index in [2.05, 4.69) is 25.5 Å². The van der Waals surface area contributed by atoms with Gasteiger partial charge < -0.3 is 25.0 Å². The van der Waals surface area contributed by atoms with Crippen LogP contribution in [-0.2, 0) is 5.92 Å². The fourth-order valence-electron chi connectivity index (χ4n) is 3.43. The molecule has 0 aliphatic carbocycles. The molecule has 1 aromatic carbocycles. The molecule has 0 amide bonds. The van der Waals surface area contributed by atoms with E-state index in [9.17, 15) is 13.2 Å². The van der Waals surface area contributed by atoms with Gasteiger partial charge in [-0.3, -0.25) is 0 Å². The van der Waals surface area contributed by atoms with Gasteiger partial charge >= 0.3 is 0 Å². The van der Waals surface area contributed by atoms with E-state index in [0.717, 1.165) is 26.1 Å². The van der Waals surface area contributed by atoms with Crippen molar-refractivity contribution in [3.63, 3.8) is 0 Å². The molecule has 0 saturated carbocycles. The summed E-state index contributed by atoms with van der Waals surface area (Å²) in [4.78, 5) is 10.0. The largest absolute Gasteiger partial charge is 0.493 e. The average molecular weight is 439 g/mol. The molecule has 2 aromatic rings. The number of nitrogens with zero attached hydrogens (tertiary/aromatic N) is 3. The molecular weight excluding hydrogens is 411 g/mol. The summed E-state index contributed by atoms with van der Waals surface area (Å²) >= 11 is 0. The zero-order chi connectivity index (χ0) is 22.4. The van der Waals surface area contributed by atoms with Gasteiger partial charge in [-0.1, -0.05) is 0 Å². The number of anilines is 3. The topological polar surface area (TPSA) is 71.5 Å². The van der Waals surface area contributed by atoms with Crippen molar-refractivity contribution in [2.45, 2.75) is 32.1 Å². The number of methoxy groups -OCH3 is 1. The number of hydrogen-bond acceptors (Lipinski definition) is 7. The van der Waals surface area contributed by atoms with Crippen molar-refractivity contribution in [2.24, 2.45) is 0 Å². The zero-order valence-electron chi connectivity index (χ0n) is 18.0. The van der Waals surface area contributed by atoms with Gasteiger partial charge in [-0.25, -0.2) is 9.37 Å². The molecule has 0 unspecified atom stereocenters. The third-order valence-corrected chi connectivity index (χ3v) is 5.00.